The Bertz CT molecular complexity index is 449. The van der Waals surface area contributed by atoms with Gasteiger partial charge in [-0.2, -0.15) is 0 Å². The number of rotatable bonds is 8. The van der Waals surface area contributed by atoms with Crippen LogP contribution in [0.4, 0.5) is 0 Å². The van der Waals surface area contributed by atoms with Crippen molar-refractivity contribution in [3.05, 3.63) is 29.8 Å². The minimum Gasteiger partial charge on any atom is -0.497 e. The molecule has 1 aromatic carbocycles. The van der Waals surface area contributed by atoms with Gasteiger partial charge in [0.15, 0.2) is 0 Å². The molecule has 0 aromatic heterocycles. The highest BCUT2D eigenvalue weighted by molar-refractivity contribution is 5.77. The number of aryl methyl sites for hydroxylation is 1. The predicted octanol–water partition coefficient (Wildman–Crippen LogP) is 3.66. The smallest absolute Gasteiger partial charge is 0.223 e. The summed E-state index contributed by atoms with van der Waals surface area (Å²) in [6, 6.07) is 8.52. The molecule has 0 unspecified atom stereocenters. The zero-order valence-electron chi connectivity index (χ0n) is 13.5. The van der Waals surface area contributed by atoms with E-state index >= 15 is 0 Å². The van der Waals surface area contributed by atoms with Crippen LogP contribution in [0, 0.1) is 5.92 Å². The Kier molecular flexibility index (Phi) is 5.66. The van der Waals surface area contributed by atoms with Crippen molar-refractivity contribution in [3.8, 4) is 5.75 Å². The van der Waals surface area contributed by atoms with Gasteiger partial charge in [-0.25, -0.2) is 0 Å². The maximum Gasteiger partial charge on any atom is 0.223 e. The lowest BCUT2D eigenvalue weighted by Gasteiger charge is -2.23. The first-order chi connectivity index (χ1) is 10.1. The van der Waals surface area contributed by atoms with Crippen molar-refractivity contribution in [1.29, 1.82) is 0 Å². The highest BCUT2D eigenvalue weighted by Gasteiger charge is 2.31. The molecule has 1 aliphatic carbocycles. The highest BCUT2D eigenvalue weighted by Crippen LogP contribution is 2.28. The molecule has 0 N–H and O–H groups in total. The number of nitrogens with zero attached hydrogens (tertiary/aromatic N) is 1. The fourth-order valence-electron chi connectivity index (χ4n) is 2.48. The van der Waals surface area contributed by atoms with Crippen LogP contribution in [0.5, 0.6) is 5.75 Å². The van der Waals surface area contributed by atoms with Gasteiger partial charge in [0.1, 0.15) is 5.75 Å². The topological polar surface area (TPSA) is 29.5 Å². The molecule has 1 fully saturated rings. The lowest BCUT2D eigenvalue weighted by Crippen LogP contribution is -2.34. The summed E-state index contributed by atoms with van der Waals surface area (Å²) in [4.78, 5) is 14.5. The van der Waals surface area contributed by atoms with E-state index in [4.69, 9.17) is 4.74 Å². The summed E-state index contributed by atoms with van der Waals surface area (Å²) in [5.41, 5.74) is 1.20. The second kappa shape index (κ2) is 7.48. The summed E-state index contributed by atoms with van der Waals surface area (Å²) in [6.45, 7) is 5.35. The first-order valence-electron chi connectivity index (χ1n) is 8.02. The van der Waals surface area contributed by atoms with Gasteiger partial charge in [-0.15, -0.1) is 0 Å². The largest absolute Gasteiger partial charge is 0.497 e. The van der Waals surface area contributed by atoms with E-state index in [0.717, 1.165) is 25.1 Å². The molecular formula is C18H27NO2. The first-order valence-corrected chi connectivity index (χ1v) is 8.02. The fourth-order valence-corrected chi connectivity index (χ4v) is 2.48. The van der Waals surface area contributed by atoms with E-state index in [1.807, 2.05) is 24.3 Å². The average Bonchev–Trinajstić information content (AvgIpc) is 3.30. The number of hydrogen-bond donors (Lipinski definition) is 0. The summed E-state index contributed by atoms with van der Waals surface area (Å²) in [5.74, 6) is 1.83. The molecule has 3 nitrogen and oxygen atoms in total. The SMILES string of the molecule is COc1ccc(CCC(=O)N(CCC(C)C)C2CC2)cc1. The second-order valence-electron chi connectivity index (χ2n) is 6.35. The number of methoxy groups -OCH3 is 1. The number of benzene rings is 1. The van der Waals surface area contributed by atoms with Crippen LogP contribution in [0.1, 0.15) is 45.1 Å². The van der Waals surface area contributed by atoms with Crippen LogP contribution in [-0.4, -0.2) is 30.5 Å². The standard InChI is InChI=1S/C18H27NO2/c1-14(2)12-13-19(16-7-8-16)18(20)11-6-15-4-9-17(21-3)10-5-15/h4-5,9-10,14,16H,6-8,11-13H2,1-3H3. The predicted molar refractivity (Wildman–Crippen MR) is 85.5 cm³/mol. The molecule has 3 heteroatoms. The van der Waals surface area contributed by atoms with Crippen LogP contribution in [0.2, 0.25) is 0 Å². The molecule has 0 saturated heterocycles. The molecule has 0 aliphatic heterocycles. The van der Waals surface area contributed by atoms with Crippen LogP contribution >= 0.6 is 0 Å². The lowest BCUT2D eigenvalue weighted by molar-refractivity contribution is -0.131. The molecule has 1 aromatic rings. The molecule has 0 spiro atoms. The van der Waals surface area contributed by atoms with Gasteiger partial charge in [0.25, 0.3) is 0 Å². The molecule has 21 heavy (non-hydrogen) atoms. The Labute approximate surface area is 128 Å². The van der Waals surface area contributed by atoms with Gasteiger partial charge in [-0.1, -0.05) is 26.0 Å². The zero-order chi connectivity index (χ0) is 15.2. The Morgan fingerprint density at radius 3 is 2.48 bits per heavy atom. The minimum absolute atomic E-state index is 0.314. The van der Waals surface area contributed by atoms with Gasteiger partial charge >= 0.3 is 0 Å². The number of hydrogen-bond acceptors (Lipinski definition) is 2. The van der Waals surface area contributed by atoms with Crippen LogP contribution < -0.4 is 4.74 Å². The van der Waals surface area contributed by atoms with Crippen molar-refractivity contribution >= 4 is 5.91 Å². The zero-order valence-corrected chi connectivity index (χ0v) is 13.5. The van der Waals surface area contributed by atoms with Crippen molar-refractivity contribution in [3.63, 3.8) is 0 Å². The molecule has 116 valence electrons. The minimum atomic E-state index is 0.314. The van der Waals surface area contributed by atoms with Crippen LogP contribution in [0.3, 0.4) is 0 Å². The Hall–Kier alpha value is -1.51. The van der Waals surface area contributed by atoms with Gasteiger partial charge in [0.05, 0.1) is 7.11 Å². The van der Waals surface area contributed by atoms with Crippen LogP contribution in [-0.2, 0) is 11.2 Å². The van der Waals surface area contributed by atoms with Crippen molar-refractivity contribution in [2.75, 3.05) is 13.7 Å². The summed E-state index contributed by atoms with van der Waals surface area (Å²) >= 11 is 0. The van der Waals surface area contributed by atoms with E-state index < -0.39 is 0 Å². The van der Waals surface area contributed by atoms with E-state index in [1.165, 1.54) is 18.4 Å². The molecule has 1 aliphatic rings. The summed E-state index contributed by atoms with van der Waals surface area (Å²) in [7, 11) is 1.67. The van der Waals surface area contributed by atoms with Gasteiger partial charge < -0.3 is 9.64 Å². The number of amides is 1. The van der Waals surface area contributed by atoms with Crippen LogP contribution in [0.15, 0.2) is 24.3 Å². The fraction of sp³-hybridized carbons (Fsp3) is 0.611. The van der Waals surface area contributed by atoms with Gasteiger partial charge in [-0.3, -0.25) is 4.79 Å². The maximum atomic E-state index is 12.4. The van der Waals surface area contributed by atoms with E-state index in [0.29, 0.717) is 24.3 Å². The Morgan fingerprint density at radius 1 is 1.29 bits per heavy atom. The molecule has 0 atom stereocenters. The van der Waals surface area contributed by atoms with E-state index in [9.17, 15) is 4.79 Å². The third-order valence-electron chi connectivity index (χ3n) is 4.04. The molecule has 2 rings (SSSR count). The quantitative estimate of drug-likeness (QED) is 0.731. The number of carbonyl (C=O) groups is 1. The third-order valence-corrected chi connectivity index (χ3v) is 4.04. The maximum absolute atomic E-state index is 12.4. The molecule has 0 bridgehead atoms. The molecular weight excluding hydrogens is 262 g/mol. The number of ether oxygens (including phenoxy) is 1. The summed E-state index contributed by atoms with van der Waals surface area (Å²) in [5, 5.41) is 0. The normalized spacial score (nSPS) is 14.3. The van der Waals surface area contributed by atoms with Crippen molar-refractivity contribution in [2.24, 2.45) is 5.92 Å². The molecule has 1 saturated carbocycles. The second-order valence-corrected chi connectivity index (χ2v) is 6.35. The van der Waals surface area contributed by atoms with Crippen molar-refractivity contribution in [1.82, 2.24) is 4.90 Å². The first kappa shape index (κ1) is 15.9. The van der Waals surface area contributed by atoms with Crippen molar-refractivity contribution < 1.29 is 9.53 Å². The Balaban J connectivity index is 1.83. The number of carbonyl (C=O) groups excluding carboxylic acids is 1. The highest BCUT2D eigenvalue weighted by atomic mass is 16.5. The molecule has 1 amide bonds. The summed E-state index contributed by atoms with van der Waals surface area (Å²) < 4.78 is 5.15. The molecule has 0 heterocycles. The molecule has 0 radical (unpaired) electrons. The van der Waals surface area contributed by atoms with Gasteiger partial charge in [0.2, 0.25) is 5.91 Å². The van der Waals surface area contributed by atoms with Gasteiger partial charge in [0, 0.05) is 19.0 Å². The van der Waals surface area contributed by atoms with Crippen LogP contribution in [0.25, 0.3) is 0 Å². The Morgan fingerprint density at radius 2 is 1.95 bits per heavy atom. The van der Waals surface area contributed by atoms with E-state index in [1.54, 1.807) is 7.11 Å². The van der Waals surface area contributed by atoms with E-state index in [2.05, 4.69) is 18.7 Å². The lowest BCUT2D eigenvalue weighted by atomic mass is 10.1. The monoisotopic (exact) mass is 289 g/mol. The average molecular weight is 289 g/mol. The van der Waals surface area contributed by atoms with E-state index in [-0.39, 0.29) is 0 Å². The third kappa shape index (κ3) is 5.07. The summed E-state index contributed by atoms with van der Waals surface area (Å²) in [6.07, 6.45) is 4.90. The van der Waals surface area contributed by atoms with Gasteiger partial charge in [-0.05, 0) is 49.3 Å². The van der Waals surface area contributed by atoms with Crippen molar-refractivity contribution in [2.45, 2.75) is 52.0 Å².